The summed E-state index contributed by atoms with van der Waals surface area (Å²) in [6.07, 6.45) is 10.3. The van der Waals surface area contributed by atoms with Crippen LogP contribution in [0, 0.1) is 34.5 Å². The highest BCUT2D eigenvalue weighted by Crippen LogP contribution is 2.64. The van der Waals surface area contributed by atoms with Gasteiger partial charge in [0.1, 0.15) is 11.6 Å². The molecule has 4 fully saturated rings. The molecule has 0 aliphatic heterocycles. The fraction of sp³-hybridized carbons (Fsp3) is 0.895. The summed E-state index contributed by atoms with van der Waals surface area (Å²) >= 11 is 0. The third-order valence-corrected chi connectivity index (χ3v) is 8.17. The van der Waals surface area contributed by atoms with Crippen molar-refractivity contribution < 1.29 is 9.59 Å². The molecule has 0 aromatic rings. The van der Waals surface area contributed by atoms with Crippen molar-refractivity contribution in [1.82, 2.24) is 0 Å². The van der Waals surface area contributed by atoms with Crippen molar-refractivity contribution in [2.45, 2.75) is 71.6 Å². The summed E-state index contributed by atoms with van der Waals surface area (Å²) in [7, 11) is 0. The first-order valence-electron chi connectivity index (χ1n) is 9.04. The SMILES string of the molecule is C[C@@]12C(=O)CC[C@H]1[C@@H]1CC[C@H]3CCCC[C@]3(C)[C@H]1CC2=O. The van der Waals surface area contributed by atoms with E-state index in [-0.39, 0.29) is 11.6 Å². The van der Waals surface area contributed by atoms with E-state index in [2.05, 4.69) is 6.92 Å². The number of rotatable bonds is 0. The Balaban J connectivity index is 1.72. The van der Waals surface area contributed by atoms with Crippen molar-refractivity contribution in [2.75, 3.05) is 0 Å². The zero-order chi connectivity index (χ0) is 14.8. The van der Waals surface area contributed by atoms with Gasteiger partial charge in [-0.25, -0.2) is 0 Å². The van der Waals surface area contributed by atoms with Gasteiger partial charge in [0, 0.05) is 12.8 Å². The lowest BCUT2D eigenvalue weighted by atomic mass is 9.45. The number of fused-ring (bicyclic) bond motifs is 5. The number of carbonyl (C=O) groups is 2. The molecule has 2 nitrogen and oxygen atoms in total. The maximum Gasteiger partial charge on any atom is 0.146 e. The number of carbonyl (C=O) groups excluding carboxylic acids is 2. The Kier molecular flexibility index (Phi) is 2.94. The monoisotopic (exact) mass is 288 g/mol. The van der Waals surface area contributed by atoms with Crippen molar-refractivity contribution in [2.24, 2.45) is 34.5 Å². The minimum Gasteiger partial charge on any atom is -0.299 e. The molecule has 0 unspecified atom stereocenters. The van der Waals surface area contributed by atoms with Gasteiger partial charge in [0.25, 0.3) is 0 Å². The molecular formula is C19H28O2. The zero-order valence-electron chi connectivity index (χ0n) is 13.5. The lowest BCUT2D eigenvalue weighted by molar-refractivity contribution is -0.157. The average molecular weight is 288 g/mol. The van der Waals surface area contributed by atoms with Gasteiger partial charge in [-0.2, -0.15) is 0 Å². The molecule has 6 atom stereocenters. The summed E-state index contributed by atoms with van der Waals surface area (Å²) in [6, 6.07) is 0. The van der Waals surface area contributed by atoms with E-state index in [4.69, 9.17) is 0 Å². The molecular weight excluding hydrogens is 260 g/mol. The molecule has 0 radical (unpaired) electrons. The van der Waals surface area contributed by atoms with Crippen LogP contribution < -0.4 is 0 Å². The van der Waals surface area contributed by atoms with E-state index in [1.54, 1.807) is 0 Å². The van der Waals surface area contributed by atoms with Crippen LogP contribution in [0.4, 0.5) is 0 Å². The summed E-state index contributed by atoms with van der Waals surface area (Å²) < 4.78 is 0. The summed E-state index contributed by atoms with van der Waals surface area (Å²) in [5.74, 6) is 2.92. The number of hydrogen-bond acceptors (Lipinski definition) is 2. The number of ketones is 2. The lowest BCUT2D eigenvalue weighted by Crippen LogP contribution is -2.56. The standard InChI is InChI=1S/C19H28O2/c1-18-10-4-3-5-12(18)6-7-13-14-8-9-16(20)19(14,2)17(21)11-15(13)18/h12-15H,3-11H2,1-2H3/t12-,13+,14+,15+,18+,19+/m1/s1. The van der Waals surface area contributed by atoms with Crippen LogP contribution in [0.15, 0.2) is 0 Å². The Hall–Kier alpha value is -0.660. The van der Waals surface area contributed by atoms with Crippen LogP contribution in [0.3, 0.4) is 0 Å². The Morgan fingerprint density at radius 1 is 0.905 bits per heavy atom. The van der Waals surface area contributed by atoms with Crippen LogP contribution >= 0.6 is 0 Å². The second-order valence-corrected chi connectivity index (χ2v) is 8.69. The molecule has 4 aliphatic rings. The molecule has 4 rings (SSSR count). The van der Waals surface area contributed by atoms with Gasteiger partial charge in [-0.3, -0.25) is 9.59 Å². The van der Waals surface area contributed by atoms with Crippen LogP contribution in [-0.2, 0) is 9.59 Å². The fourth-order valence-corrected chi connectivity index (χ4v) is 6.80. The first-order chi connectivity index (χ1) is 9.98. The van der Waals surface area contributed by atoms with Gasteiger partial charge < -0.3 is 0 Å². The van der Waals surface area contributed by atoms with Gasteiger partial charge in [0.05, 0.1) is 5.41 Å². The van der Waals surface area contributed by atoms with Gasteiger partial charge in [-0.05, 0) is 68.1 Å². The fourth-order valence-electron chi connectivity index (χ4n) is 6.80. The normalized spacial score (nSPS) is 53.0. The Labute approximate surface area is 128 Å². The smallest absolute Gasteiger partial charge is 0.146 e. The molecule has 0 heterocycles. The van der Waals surface area contributed by atoms with Crippen molar-refractivity contribution in [3.05, 3.63) is 0 Å². The summed E-state index contributed by atoms with van der Waals surface area (Å²) in [5.41, 5.74) is -0.233. The maximum atomic E-state index is 12.9. The molecule has 0 N–H and O–H groups in total. The van der Waals surface area contributed by atoms with Crippen LogP contribution in [-0.4, -0.2) is 11.6 Å². The minimum absolute atomic E-state index is 0.242. The van der Waals surface area contributed by atoms with E-state index >= 15 is 0 Å². The molecule has 4 saturated carbocycles. The summed E-state index contributed by atoms with van der Waals surface area (Å²) in [6.45, 7) is 4.45. The maximum absolute atomic E-state index is 12.9. The molecule has 4 aliphatic carbocycles. The summed E-state index contributed by atoms with van der Waals surface area (Å²) in [5, 5.41) is 0. The molecule has 0 bridgehead atoms. The van der Waals surface area contributed by atoms with Crippen molar-refractivity contribution in [3.63, 3.8) is 0 Å². The largest absolute Gasteiger partial charge is 0.299 e. The Bertz CT molecular complexity index is 496. The van der Waals surface area contributed by atoms with Gasteiger partial charge >= 0.3 is 0 Å². The third kappa shape index (κ3) is 1.65. The molecule has 0 aromatic heterocycles. The molecule has 0 saturated heterocycles. The topological polar surface area (TPSA) is 34.1 Å². The lowest BCUT2D eigenvalue weighted by Gasteiger charge is -2.58. The predicted molar refractivity (Wildman–Crippen MR) is 81.7 cm³/mol. The summed E-state index contributed by atoms with van der Waals surface area (Å²) in [4.78, 5) is 25.2. The van der Waals surface area contributed by atoms with E-state index in [0.29, 0.717) is 36.0 Å². The highest BCUT2D eigenvalue weighted by Gasteiger charge is 2.63. The zero-order valence-corrected chi connectivity index (χ0v) is 13.5. The van der Waals surface area contributed by atoms with Gasteiger partial charge in [-0.1, -0.05) is 19.8 Å². The first kappa shape index (κ1) is 14.0. The van der Waals surface area contributed by atoms with Crippen LogP contribution in [0.2, 0.25) is 0 Å². The Morgan fingerprint density at radius 3 is 2.52 bits per heavy atom. The average Bonchev–Trinajstić information content (AvgIpc) is 2.77. The highest BCUT2D eigenvalue weighted by molar-refractivity contribution is 6.09. The van der Waals surface area contributed by atoms with Crippen LogP contribution in [0.5, 0.6) is 0 Å². The van der Waals surface area contributed by atoms with Gasteiger partial charge in [0.15, 0.2) is 0 Å². The van der Waals surface area contributed by atoms with E-state index < -0.39 is 5.41 Å². The second kappa shape index (κ2) is 4.43. The molecule has 0 amide bonds. The van der Waals surface area contributed by atoms with E-state index in [0.717, 1.165) is 12.3 Å². The molecule has 0 spiro atoms. The van der Waals surface area contributed by atoms with Crippen molar-refractivity contribution in [1.29, 1.82) is 0 Å². The predicted octanol–water partition coefficient (Wildman–Crippen LogP) is 4.17. The second-order valence-electron chi connectivity index (χ2n) is 8.69. The van der Waals surface area contributed by atoms with Gasteiger partial charge in [0.2, 0.25) is 0 Å². The molecule has 116 valence electrons. The highest BCUT2D eigenvalue weighted by atomic mass is 16.2. The Morgan fingerprint density at radius 2 is 1.71 bits per heavy atom. The quantitative estimate of drug-likeness (QED) is 0.627. The van der Waals surface area contributed by atoms with Gasteiger partial charge in [-0.15, -0.1) is 0 Å². The van der Waals surface area contributed by atoms with Crippen LogP contribution in [0.25, 0.3) is 0 Å². The first-order valence-corrected chi connectivity index (χ1v) is 9.04. The molecule has 21 heavy (non-hydrogen) atoms. The minimum atomic E-state index is -0.612. The number of hydrogen-bond donors (Lipinski definition) is 0. The van der Waals surface area contributed by atoms with E-state index in [1.807, 2.05) is 6.92 Å². The van der Waals surface area contributed by atoms with Crippen molar-refractivity contribution in [3.8, 4) is 0 Å². The van der Waals surface area contributed by atoms with E-state index in [1.165, 1.54) is 38.5 Å². The molecule has 0 aromatic carbocycles. The van der Waals surface area contributed by atoms with Crippen molar-refractivity contribution >= 4 is 11.6 Å². The molecule has 2 heteroatoms. The number of Topliss-reactive ketones (excluding diaryl/α,β-unsaturated/α-hetero) is 2. The van der Waals surface area contributed by atoms with E-state index in [9.17, 15) is 9.59 Å². The van der Waals surface area contributed by atoms with Crippen LogP contribution in [0.1, 0.15) is 71.6 Å². The third-order valence-electron chi connectivity index (χ3n) is 8.17.